The summed E-state index contributed by atoms with van der Waals surface area (Å²) in [4.78, 5) is 28.4. The number of carbonyl (C=O) groups is 2. The summed E-state index contributed by atoms with van der Waals surface area (Å²) in [6, 6.07) is 60.2. The van der Waals surface area contributed by atoms with E-state index in [9.17, 15) is 9.59 Å². The molecule has 0 spiro atoms. The fourth-order valence-corrected chi connectivity index (χ4v) is 8.65. The minimum absolute atomic E-state index is 0.122. The largest absolute Gasteiger partial charge is 0.497 e. The third kappa shape index (κ3) is 9.04. The van der Waals surface area contributed by atoms with E-state index in [1.165, 1.54) is 0 Å². The summed E-state index contributed by atoms with van der Waals surface area (Å²) < 4.78 is 17.9. The minimum Gasteiger partial charge on any atom is -0.497 e. The Labute approximate surface area is 364 Å². The second-order valence-electron chi connectivity index (χ2n) is 15.9. The highest BCUT2D eigenvalue weighted by molar-refractivity contribution is 5.82. The highest BCUT2D eigenvalue weighted by Gasteiger charge is 2.37. The fraction of sp³-hybridized carbons (Fsp3) is 0.200. The van der Waals surface area contributed by atoms with Crippen molar-refractivity contribution in [3.05, 3.63) is 232 Å². The molecule has 0 radical (unpaired) electrons. The van der Waals surface area contributed by atoms with Gasteiger partial charge in [-0.3, -0.25) is 5.32 Å². The lowest BCUT2D eigenvalue weighted by atomic mass is 9.77. The number of methoxy groups -OCH3 is 1. The van der Waals surface area contributed by atoms with Crippen molar-refractivity contribution in [2.45, 2.75) is 50.3 Å². The Kier molecular flexibility index (Phi) is 12.9. The molecule has 62 heavy (non-hydrogen) atoms. The first-order valence-corrected chi connectivity index (χ1v) is 21.3. The van der Waals surface area contributed by atoms with E-state index < -0.39 is 29.7 Å². The molecule has 312 valence electrons. The number of nitrogens with one attached hydrogen (secondary N) is 2. The van der Waals surface area contributed by atoms with Crippen LogP contribution in [0.2, 0.25) is 0 Å². The van der Waals surface area contributed by atoms with E-state index >= 15 is 0 Å². The summed E-state index contributed by atoms with van der Waals surface area (Å²) in [5.74, 6) is 0.0912. The normalized spacial score (nSPS) is 12.6. The van der Waals surface area contributed by atoms with Gasteiger partial charge in [-0.1, -0.05) is 181 Å². The van der Waals surface area contributed by atoms with Crippen molar-refractivity contribution < 1.29 is 23.8 Å². The Bertz CT molecular complexity index is 2440. The maximum Gasteiger partial charge on any atom is 0.407 e. The number of ether oxygens (including phenoxy) is 3. The standard InChI is InChI=1S/C55H52N2O5/c1-38-24-28-40(29-25-38)52(41-30-26-39(2)27-31-41)62-53(58)51(57-54(59)61-37-50-48-21-12-10-19-46(48)47-20-11-13-22-49(47)50)23-14-36-56-55(42-15-6-4-7-16-42,43-17-8-5-9-18-43)44-32-34-45(60-3)35-33-44/h4-13,15-22,24-35,50-52,56H,14,23,36-37H2,1-3H3,(H,57,59)/t51-/m1/s1. The van der Waals surface area contributed by atoms with Gasteiger partial charge in [-0.15, -0.1) is 0 Å². The third-order valence-corrected chi connectivity index (χ3v) is 11.9. The summed E-state index contributed by atoms with van der Waals surface area (Å²) in [7, 11) is 1.66. The van der Waals surface area contributed by atoms with Crippen molar-refractivity contribution in [1.29, 1.82) is 0 Å². The molecule has 8 rings (SSSR count). The molecule has 7 aromatic rings. The topological polar surface area (TPSA) is 85.9 Å². The smallest absolute Gasteiger partial charge is 0.407 e. The number of hydrogen-bond acceptors (Lipinski definition) is 6. The summed E-state index contributed by atoms with van der Waals surface area (Å²) in [6.07, 6.45) is -0.564. The zero-order valence-electron chi connectivity index (χ0n) is 35.4. The lowest BCUT2D eigenvalue weighted by molar-refractivity contribution is -0.150. The molecule has 7 heteroatoms. The predicted molar refractivity (Wildman–Crippen MR) is 245 cm³/mol. The van der Waals surface area contributed by atoms with Gasteiger partial charge < -0.3 is 19.5 Å². The van der Waals surface area contributed by atoms with E-state index in [1.807, 2.05) is 135 Å². The lowest BCUT2D eigenvalue weighted by Gasteiger charge is -2.37. The molecular weight excluding hydrogens is 769 g/mol. The maximum atomic E-state index is 14.5. The van der Waals surface area contributed by atoms with Gasteiger partial charge in [0.2, 0.25) is 0 Å². The lowest BCUT2D eigenvalue weighted by Crippen LogP contribution is -2.46. The van der Waals surface area contributed by atoms with Gasteiger partial charge in [0.05, 0.1) is 12.6 Å². The Morgan fingerprint density at radius 3 is 1.60 bits per heavy atom. The number of rotatable bonds is 16. The summed E-state index contributed by atoms with van der Waals surface area (Å²) in [5, 5.41) is 6.86. The Balaban J connectivity index is 1.06. The van der Waals surface area contributed by atoms with Crippen molar-refractivity contribution in [2.75, 3.05) is 20.3 Å². The number of amides is 1. The molecule has 0 heterocycles. The molecule has 0 aromatic heterocycles. The number of hydrogen-bond donors (Lipinski definition) is 2. The van der Waals surface area contributed by atoms with Crippen molar-refractivity contribution >= 4 is 12.1 Å². The second kappa shape index (κ2) is 19.2. The van der Waals surface area contributed by atoms with Gasteiger partial charge in [0, 0.05) is 5.92 Å². The van der Waals surface area contributed by atoms with Gasteiger partial charge in [-0.25, -0.2) is 9.59 Å². The highest BCUT2D eigenvalue weighted by atomic mass is 16.6. The van der Waals surface area contributed by atoms with Crippen LogP contribution in [0.25, 0.3) is 11.1 Å². The second-order valence-corrected chi connectivity index (χ2v) is 15.9. The van der Waals surface area contributed by atoms with Crippen molar-refractivity contribution in [2.24, 2.45) is 0 Å². The van der Waals surface area contributed by atoms with Gasteiger partial charge in [-0.2, -0.15) is 0 Å². The van der Waals surface area contributed by atoms with E-state index in [2.05, 4.69) is 71.3 Å². The number of carbonyl (C=O) groups excluding carboxylic acids is 2. The van der Waals surface area contributed by atoms with E-state index in [1.54, 1.807) is 7.11 Å². The van der Waals surface area contributed by atoms with Crippen LogP contribution in [-0.2, 0) is 19.8 Å². The fourth-order valence-electron chi connectivity index (χ4n) is 8.65. The van der Waals surface area contributed by atoms with Crippen molar-refractivity contribution in [1.82, 2.24) is 10.6 Å². The Morgan fingerprint density at radius 1 is 0.597 bits per heavy atom. The van der Waals surface area contributed by atoms with Gasteiger partial charge in [0.25, 0.3) is 0 Å². The van der Waals surface area contributed by atoms with Gasteiger partial charge in [0.1, 0.15) is 18.4 Å². The average Bonchev–Trinajstić information content (AvgIpc) is 3.64. The number of benzene rings is 7. The van der Waals surface area contributed by atoms with Crippen LogP contribution in [0.3, 0.4) is 0 Å². The number of alkyl carbamates (subject to hydrolysis) is 1. The molecule has 1 atom stereocenters. The summed E-state index contributed by atoms with van der Waals surface area (Å²) in [5.41, 5.74) is 10.8. The van der Waals surface area contributed by atoms with Crippen LogP contribution in [0.15, 0.2) is 182 Å². The predicted octanol–water partition coefficient (Wildman–Crippen LogP) is 11.2. The van der Waals surface area contributed by atoms with Crippen LogP contribution < -0.4 is 15.4 Å². The molecule has 0 bridgehead atoms. The van der Waals surface area contributed by atoms with E-state index in [-0.39, 0.29) is 18.9 Å². The molecule has 0 saturated carbocycles. The maximum absolute atomic E-state index is 14.5. The van der Waals surface area contributed by atoms with Crippen LogP contribution in [0.1, 0.15) is 74.9 Å². The molecular formula is C55H52N2O5. The van der Waals surface area contributed by atoms with Crippen molar-refractivity contribution in [3.63, 3.8) is 0 Å². The molecule has 1 aliphatic carbocycles. The monoisotopic (exact) mass is 820 g/mol. The zero-order chi connectivity index (χ0) is 42.9. The molecule has 0 fully saturated rings. The first kappa shape index (κ1) is 41.8. The zero-order valence-corrected chi connectivity index (χ0v) is 35.4. The first-order valence-electron chi connectivity index (χ1n) is 21.3. The van der Waals surface area contributed by atoms with Crippen LogP contribution in [0.4, 0.5) is 4.79 Å². The minimum atomic E-state index is -1.00. The van der Waals surface area contributed by atoms with Crippen LogP contribution in [-0.4, -0.2) is 38.4 Å². The number of esters is 1. The molecule has 1 amide bonds. The van der Waals surface area contributed by atoms with Crippen LogP contribution in [0.5, 0.6) is 5.75 Å². The SMILES string of the molecule is COc1ccc(C(NCCC[C@@H](NC(=O)OCC2c3ccccc3-c3ccccc32)C(=O)OC(c2ccc(C)cc2)c2ccc(C)cc2)(c2ccccc2)c2ccccc2)cc1. The Hall–Kier alpha value is -6.96. The van der Waals surface area contributed by atoms with Crippen LogP contribution >= 0.6 is 0 Å². The molecule has 1 aliphatic rings. The molecule has 0 aliphatic heterocycles. The quantitative estimate of drug-likeness (QED) is 0.0574. The van der Waals surface area contributed by atoms with E-state index in [0.717, 1.165) is 66.9 Å². The van der Waals surface area contributed by atoms with Crippen molar-refractivity contribution in [3.8, 4) is 16.9 Å². The summed E-state index contributed by atoms with van der Waals surface area (Å²) >= 11 is 0. The summed E-state index contributed by atoms with van der Waals surface area (Å²) in [6.45, 7) is 4.66. The van der Waals surface area contributed by atoms with E-state index in [4.69, 9.17) is 14.2 Å². The van der Waals surface area contributed by atoms with E-state index in [0.29, 0.717) is 13.0 Å². The average molecular weight is 821 g/mol. The number of aryl methyl sites for hydroxylation is 2. The molecule has 7 nitrogen and oxygen atoms in total. The first-order chi connectivity index (χ1) is 30.3. The molecule has 0 saturated heterocycles. The van der Waals surface area contributed by atoms with Crippen LogP contribution in [0, 0.1) is 13.8 Å². The molecule has 2 N–H and O–H groups in total. The highest BCUT2D eigenvalue weighted by Crippen LogP contribution is 2.44. The third-order valence-electron chi connectivity index (χ3n) is 11.9. The molecule has 7 aromatic carbocycles. The van der Waals surface area contributed by atoms with Gasteiger partial charge in [0.15, 0.2) is 6.10 Å². The van der Waals surface area contributed by atoms with Gasteiger partial charge >= 0.3 is 12.1 Å². The molecule has 0 unspecified atom stereocenters. The number of fused-ring (bicyclic) bond motifs is 3. The Morgan fingerprint density at radius 2 is 1.08 bits per heavy atom. The van der Waals surface area contributed by atoms with Gasteiger partial charge in [-0.05, 0) is 95.4 Å².